The number of carbonyl (C=O) groups excluding carboxylic acids is 1. The zero-order valence-corrected chi connectivity index (χ0v) is 12.6. The molecule has 4 nitrogen and oxygen atoms in total. The SMILES string of the molecule is CCOC(=O)c1cc2c(Nc3ccc(F)c(F)c3)ccc(F)c2[nH]1. The van der Waals surface area contributed by atoms with Crippen LogP contribution in [-0.2, 0) is 4.74 Å². The third kappa shape index (κ3) is 2.92. The van der Waals surface area contributed by atoms with E-state index in [1.807, 2.05) is 0 Å². The molecule has 2 aromatic carbocycles. The summed E-state index contributed by atoms with van der Waals surface area (Å²) in [5.41, 5.74) is 0.945. The van der Waals surface area contributed by atoms with Crippen molar-refractivity contribution in [1.82, 2.24) is 4.98 Å². The molecule has 1 heterocycles. The van der Waals surface area contributed by atoms with Gasteiger partial charge in [-0.25, -0.2) is 18.0 Å². The Morgan fingerprint density at radius 1 is 1.08 bits per heavy atom. The minimum absolute atomic E-state index is 0.102. The summed E-state index contributed by atoms with van der Waals surface area (Å²) >= 11 is 0. The summed E-state index contributed by atoms with van der Waals surface area (Å²) in [5.74, 6) is -3.11. The van der Waals surface area contributed by atoms with Crippen molar-refractivity contribution in [1.29, 1.82) is 0 Å². The Morgan fingerprint density at radius 3 is 2.54 bits per heavy atom. The molecule has 3 aromatic rings. The maximum atomic E-state index is 14.0. The lowest BCUT2D eigenvalue weighted by Crippen LogP contribution is -2.04. The molecule has 0 aliphatic heterocycles. The average Bonchev–Trinajstić information content (AvgIpc) is 3.00. The molecule has 2 N–H and O–H groups in total. The fourth-order valence-corrected chi connectivity index (χ4v) is 2.34. The number of ether oxygens (including phenoxy) is 1. The molecule has 0 saturated carbocycles. The fourth-order valence-electron chi connectivity index (χ4n) is 2.34. The lowest BCUT2D eigenvalue weighted by Gasteiger charge is -2.08. The van der Waals surface area contributed by atoms with Gasteiger partial charge in [0.15, 0.2) is 11.6 Å². The van der Waals surface area contributed by atoms with Crippen LogP contribution in [-0.4, -0.2) is 17.6 Å². The maximum Gasteiger partial charge on any atom is 0.354 e. The molecule has 24 heavy (non-hydrogen) atoms. The summed E-state index contributed by atoms with van der Waals surface area (Å²) in [5, 5.41) is 3.27. The van der Waals surface area contributed by atoms with Gasteiger partial charge in [-0.1, -0.05) is 0 Å². The van der Waals surface area contributed by atoms with Gasteiger partial charge < -0.3 is 15.0 Å². The minimum atomic E-state index is -1.00. The first-order chi connectivity index (χ1) is 11.5. The number of halogens is 3. The molecule has 3 rings (SSSR count). The molecule has 0 saturated heterocycles. The van der Waals surface area contributed by atoms with Crippen LogP contribution < -0.4 is 5.32 Å². The molecule has 0 spiro atoms. The van der Waals surface area contributed by atoms with E-state index in [9.17, 15) is 18.0 Å². The summed E-state index contributed by atoms with van der Waals surface area (Å²) in [6, 6.07) is 7.42. The number of aromatic nitrogens is 1. The van der Waals surface area contributed by atoms with Gasteiger partial charge >= 0.3 is 5.97 Å². The number of hydrogen-bond acceptors (Lipinski definition) is 3. The van der Waals surface area contributed by atoms with Crippen molar-refractivity contribution >= 4 is 28.2 Å². The Bertz CT molecular complexity index is 922. The molecule has 124 valence electrons. The highest BCUT2D eigenvalue weighted by Gasteiger charge is 2.15. The van der Waals surface area contributed by atoms with Crippen LogP contribution in [0.15, 0.2) is 36.4 Å². The summed E-state index contributed by atoms with van der Waals surface area (Å²) in [6.45, 7) is 1.86. The molecular formula is C17H13F3N2O2. The smallest absolute Gasteiger partial charge is 0.354 e. The number of aromatic amines is 1. The van der Waals surface area contributed by atoms with Crippen LogP contribution in [0, 0.1) is 17.5 Å². The molecule has 7 heteroatoms. The van der Waals surface area contributed by atoms with Gasteiger partial charge in [-0.15, -0.1) is 0 Å². The van der Waals surface area contributed by atoms with Gasteiger partial charge in [-0.2, -0.15) is 0 Å². The van der Waals surface area contributed by atoms with Crippen LogP contribution in [0.25, 0.3) is 10.9 Å². The number of fused-ring (bicyclic) bond motifs is 1. The second-order valence-electron chi connectivity index (χ2n) is 5.04. The van der Waals surface area contributed by atoms with Crippen molar-refractivity contribution in [3.63, 3.8) is 0 Å². The van der Waals surface area contributed by atoms with Gasteiger partial charge in [-0.05, 0) is 37.3 Å². The monoisotopic (exact) mass is 334 g/mol. The lowest BCUT2D eigenvalue weighted by molar-refractivity contribution is 0.0520. The molecule has 0 radical (unpaired) electrons. The standard InChI is InChI=1S/C17H13F3N2O2/c1-2-24-17(23)15-8-10-14(6-5-12(19)16(10)22-15)21-9-3-4-11(18)13(20)7-9/h3-8,21-22H,2H2,1H3. The third-order valence-corrected chi connectivity index (χ3v) is 3.44. The van der Waals surface area contributed by atoms with E-state index in [-0.39, 0.29) is 17.8 Å². The second kappa shape index (κ2) is 6.27. The first kappa shape index (κ1) is 15.9. The van der Waals surface area contributed by atoms with Crippen molar-refractivity contribution in [2.45, 2.75) is 6.92 Å². The first-order valence-electron chi connectivity index (χ1n) is 7.20. The highest BCUT2D eigenvalue weighted by molar-refractivity contribution is 6.00. The minimum Gasteiger partial charge on any atom is -0.461 e. The van der Waals surface area contributed by atoms with Crippen LogP contribution in [0.5, 0.6) is 0 Å². The van der Waals surface area contributed by atoms with Crippen LogP contribution >= 0.6 is 0 Å². The Balaban J connectivity index is 2.02. The Morgan fingerprint density at radius 2 is 1.83 bits per heavy atom. The van der Waals surface area contributed by atoms with Gasteiger partial charge in [0.25, 0.3) is 0 Å². The molecule has 0 aliphatic rings. The van der Waals surface area contributed by atoms with E-state index in [0.29, 0.717) is 16.8 Å². The van der Waals surface area contributed by atoms with E-state index in [0.717, 1.165) is 12.1 Å². The molecule has 0 amide bonds. The summed E-state index contributed by atoms with van der Waals surface area (Å²) < 4.78 is 45.2. The Kier molecular flexibility index (Phi) is 4.16. The van der Waals surface area contributed by atoms with Crippen molar-refractivity contribution < 1.29 is 22.7 Å². The quantitative estimate of drug-likeness (QED) is 0.691. The summed E-state index contributed by atoms with van der Waals surface area (Å²) in [7, 11) is 0. The molecule has 0 unspecified atom stereocenters. The first-order valence-corrected chi connectivity index (χ1v) is 7.20. The van der Waals surface area contributed by atoms with Crippen LogP contribution in [0.3, 0.4) is 0 Å². The number of esters is 1. The maximum absolute atomic E-state index is 14.0. The predicted molar refractivity (Wildman–Crippen MR) is 83.9 cm³/mol. The van der Waals surface area contributed by atoms with Gasteiger partial charge in [-0.3, -0.25) is 0 Å². The number of hydrogen-bond donors (Lipinski definition) is 2. The molecule has 0 fully saturated rings. The fraction of sp³-hybridized carbons (Fsp3) is 0.118. The lowest BCUT2D eigenvalue weighted by atomic mass is 10.2. The largest absolute Gasteiger partial charge is 0.461 e. The van der Waals surface area contributed by atoms with Gasteiger partial charge in [0.2, 0.25) is 0 Å². The summed E-state index contributed by atoms with van der Waals surface area (Å²) in [4.78, 5) is 14.5. The number of H-pyrrole nitrogens is 1. The van der Waals surface area contributed by atoms with Crippen molar-refractivity contribution in [2.24, 2.45) is 0 Å². The number of rotatable bonds is 4. The average molecular weight is 334 g/mol. The highest BCUT2D eigenvalue weighted by Crippen LogP contribution is 2.30. The Labute approximate surface area is 135 Å². The second-order valence-corrected chi connectivity index (χ2v) is 5.04. The molecule has 0 atom stereocenters. The molecular weight excluding hydrogens is 321 g/mol. The number of anilines is 2. The van der Waals surface area contributed by atoms with Crippen LogP contribution in [0.2, 0.25) is 0 Å². The third-order valence-electron chi connectivity index (χ3n) is 3.44. The van der Waals surface area contributed by atoms with E-state index >= 15 is 0 Å². The Hall–Kier alpha value is -2.96. The highest BCUT2D eigenvalue weighted by atomic mass is 19.2. The van der Waals surface area contributed by atoms with Crippen LogP contribution in [0.4, 0.5) is 24.5 Å². The van der Waals surface area contributed by atoms with Gasteiger partial charge in [0.05, 0.1) is 12.1 Å². The van der Waals surface area contributed by atoms with Crippen molar-refractivity contribution in [3.8, 4) is 0 Å². The van der Waals surface area contributed by atoms with Crippen molar-refractivity contribution in [3.05, 3.63) is 59.5 Å². The normalized spacial score (nSPS) is 10.8. The molecule has 0 bridgehead atoms. The van der Waals surface area contributed by atoms with Crippen LogP contribution in [0.1, 0.15) is 17.4 Å². The zero-order chi connectivity index (χ0) is 17.3. The number of carbonyl (C=O) groups is 1. The van der Waals surface area contributed by atoms with E-state index < -0.39 is 23.4 Å². The number of nitrogens with one attached hydrogen (secondary N) is 2. The van der Waals surface area contributed by atoms with E-state index in [4.69, 9.17) is 4.74 Å². The van der Waals surface area contributed by atoms with E-state index in [2.05, 4.69) is 10.3 Å². The van der Waals surface area contributed by atoms with Gasteiger partial charge in [0.1, 0.15) is 11.5 Å². The topological polar surface area (TPSA) is 54.1 Å². The van der Waals surface area contributed by atoms with Crippen molar-refractivity contribution in [2.75, 3.05) is 11.9 Å². The van der Waals surface area contributed by atoms with Gasteiger partial charge in [0, 0.05) is 22.8 Å². The molecule has 1 aromatic heterocycles. The predicted octanol–water partition coefficient (Wildman–Crippen LogP) is 4.51. The number of benzene rings is 2. The molecule has 0 aliphatic carbocycles. The summed E-state index contributed by atoms with van der Waals surface area (Å²) in [6.07, 6.45) is 0. The van der Waals surface area contributed by atoms with E-state index in [1.165, 1.54) is 24.3 Å². The zero-order valence-electron chi connectivity index (χ0n) is 12.6. The van der Waals surface area contributed by atoms with E-state index in [1.54, 1.807) is 6.92 Å².